The van der Waals surface area contributed by atoms with Crippen LogP contribution in [-0.4, -0.2) is 19.3 Å². The van der Waals surface area contributed by atoms with E-state index in [1.54, 1.807) is 5.57 Å². The third-order valence-corrected chi connectivity index (χ3v) is 2.73. The Kier molecular flexibility index (Phi) is 10.9. The van der Waals surface area contributed by atoms with Gasteiger partial charge in [-0.1, -0.05) is 38.3 Å². The van der Waals surface area contributed by atoms with Crippen LogP contribution < -0.4 is 10.6 Å². The molecule has 0 atom stereocenters. The van der Waals surface area contributed by atoms with Crippen molar-refractivity contribution in [1.29, 1.82) is 0 Å². The maximum absolute atomic E-state index is 3.38. The van der Waals surface area contributed by atoms with Gasteiger partial charge in [-0.2, -0.15) is 0 Å². The fourth-order valence-electron chi connectivity index (χ4n) is 1.59. The molecule has 0 heterocycles. The molecule has 0 aliphatic rings. The molecule has 0 spiro atoms. The lowest BCUT2D eigenvalue weighted by molar-refractivity contribution is 0.543. The van der Waals surface area contributed by atoms with Gasteiger partial charge in [-0.05, 0) is 33.1 Å². The van der Waals surface area contributed by atoms with Gasteiger partial charge in [0.25, 0.3) is 0 Å². The first kappa shape index (κ1) is 15.7. The van der Waals surface area contributed by atoms with Crippen molar-refractivity contribution in [2.75, 3.05) is 13.2 Å². The Balaban J connectivity index is 3.55. The van der Waals surface area contributed by atoms with Crippen molar-refractivity contribution in [3.63, 3.8) is 0 Å². The first-order valence-electron chi connectivity index (χ1n) is 6.82. The summed E-state index contributed by atoms with van der Waals surface area (Å²) in [7, 11) is 0. The van der Waals surface area contributed by atoms with E-state index in [4.69, 9.17) is 0 Å². The van der Waals surface area contributed by atoms with Crippen molar-refractivity contribution in [3.8, 4) is 0 Å². The third kappa shape index (κ3) is 10.2. The van der Waals surface area contributed by atoms with Crippen LogP contribution >= 0.6 is 0 Å². The van der Waals surface area contributed by atoms with Crippen molar-refractivity contribution in [3.05, 3.63) is 11.6 Å². The Labute approximate surface area is 102 Å². The highest BCUT2D eigenvalue weighted by Gasteiger charge is 1.94. The number of nitrogens with one attached hydrogen (secondary N) is 2. The van der Waals surface area contributed by atoms with Gasteiger partial charge in [-0.15, -0.1) is 0 Å². The van der Waals surface area contributed by atoms with Gasteiger partial charge in [0.05, 0.1) is 0 Å². The molecule has 2 nitrogen and oxygen atoms in total. The number of unbranched alkanes of at least 4 members (excludes halogenated alkanes) is 2. The highest BCUT2D eigenvalue weighted by molar-refractivity contribution is 5.02. The van der Waals surface area contributed by atoms with Crippen LogP contribution in [0.25, 0.3) is 0 Å². The molecule has 0 fully saturated rings. The molecule has 0 saturated heterocycles. The molecule has 0 bridgehead atoms. The topological polar surface area (TPSA) is 24.1 Å². The van der Waals surface area contributed by atoms with Crippen molar-refractivity contribution in [2.45, 2.75) is 65.8 Å². The molecule has 0 aromatic carbocycles. The zero-order valence-electron chi connectivity index (χ0n) is 11.6. The SMILES string of the molecule is CCCCC/C(=C/CNCNC(C)C)CC. The third-order valence-electron chi connectivity index (χ3n) is 2.73. The predicted octanol–water partition coefficient (Wildman–Crippen LogP) is 3.45. The second-order valence-corrected chi connectivity index (χ2v) is 4.66. The van der Waals surface area contributed by atoms with Crippen LogP contribution in [0.3, 0.4) is 0 Å². The quantitative estimate of drug-likeness (QED) is 0.339. The first-order chi connectivity index (χ1) is 7.70. The summed E-state index contributed by atoms with van der Waals surface area (Å²) < 4.78 is 0. The first-order valence-corrected chi connectivity index (χ1v) is 6.82. The van der Waals surface area contributed by atoms with Crippen molar-refractivity contribution in [2.24, 2.45) is 0 Å². The van der Waals surface area contributed by atoms with Gasteiger partial charge < -0.3 is 10.6 Å². The molecule has 0 aromatic rings. The van der Waals surface area contributed by atoms with Crippen LogP contribution in [0, 0.1) is 0 Å². The monoisotopic (exact) mass is 226 g/mol. The lowest BCUT2D eigenvalue weighted by Gasteiger charge is -2.09. The summed E-state index contributed by atoms with van der Waals surface area (Å²) >= 11 is 0. The minimum Gasteiger partial charge on any atom is -0.302 e. The second-order valence-electron chi connectivity index (χ2n) is 4.66. The van der Waals surface area contributed by atoms with Crippen LogP contribution in [-0.2, 0) is 0 Å². The molecule has 0 rings (SSSR count). The maximum Gasteiger partial charge on any atom is 0.0458 e. The number of hydrogen-bond donors (Lipinski definition) is 2. The molecule has 0 unspecified atom stereocenters. The van der Waals surface area contributed by atoms with Gasteiger partial charge >= 0.3 is 0 Å². The normalized spacial score (nSPS) is 12.4. The summed E-state index contributed by atoms with van der Waals surface area (Å²) in [6.07, 6.45) is 8.86. The van der Waals surface area contributed by atoms with Gasteiger partial charge in [-0.3, -0.25) is 0 Å². The van der Waals surface area contributed by atoms with E-state index >= 15 is 0 Å². The van der Waals surface area contributed by atoms with Gasteiger partial charge in [0.1, 0.15) is 0 Å². The van der Waals surface area contributed by atoms with Gasteiger partial charge in [0.15, 0.2) is 0 Å². The molecule has 96 valence electrons. The Hall–Kier alpha value is -0.340. The Morgan fingerprint density at radius 3 is 2.50 bits per heavy atom. The van der Waals surface area contributed by atoms with Crippen LogP contribution in [0.2, 0.25) is 0 Å². The predicted molar refractivity (Wildman–Crippen MR) is 73.7 cm³/mol. The molecule has 0 aromatic heterocycles. The van der Waals surface area contributed by atoms with Crippen LogP contribution in [0.15, 0.2) is 11.6 Å². The Morgan fingerprint density at radius 1 is 1.19 bits per heavy atom. The van der Waals surface area contributed by atoms with Crippen molar-refractivity contribution in [1.82, 2.24) is 10.6 Å². The average Bonchev–Trinajstić information content (AvgIpc) is 2.26. The molecule has 0 radical (unpaired) electrons. The van der Waals surface area contributed by atoms with Gasteiger partial charge in [-0.25, -0.2) is 0 Å². The molecule has 0 saturated carbocycles. The minimum atomic E-state index is 0.562. The summed E-state index contributed by atoms with van der Waals surface area (Å²) in [5.41, 5.74) is 1.60. The Bertz CT molecular complexity index is 174. The molecule has 2 heteroatoms. The van der Waals surface area contributed by atoms with E-state index in [2.05, 4.69) is 44.4 Å². The summed E-state index contributed by atoms with van der Waals surface area (Å²) in [6, 6.07) is 0.562. The molecule has 16 heavy (non-hydrogen) atoms. The largest absolute Gasteiger partial charge is 0.302 e. The van der Waals surface area contributed by atoms with Crippen LogP contribution in [0.1, 0.15) is 59.8 Å². The zero-order valence-corrected chi connectivity index (χ0v) is 11.6. The fourth-order valence-corrected chi connectivity index (χ4v) is 1.59. The highest BCUT2D eigenvalue weighted by atomic mass is 15.1. The van der Waals surface area contributed by atoms with E-state index in [0.29, 0.717) is 6.04 Å². The van der Waals surface area contributed by atoms with E-state index in [1.165, 1.54) is 32.1 Å². The number of rotatable bonds is 10. The summed E-state index contributed by atoms with van der Waals surface area (Å²) in [6.45, 7) is 10.7. The molecule has 2 N–H and O–H groups in total. The van der Waals surface area contributed by atoms with E-state index < -0.39 is 0 Å². The van der Waals surface area contributed by atoms with E-state index in [9.17, 15) is 0 Å². The summed E-state index contributed by atoms with van der Waals surface area (Å²) in [4.78, 5) is 0. The Morgan fingerprint density at radius 2 is 1.94 bits per heavy atom. The average molecular weight is 226 g/mol. The van der Waals surface area contributed by atoms with Crippen molar-refractivity contribution >= 4 is 0 Å². The van der Waals surface area contributed by atoms with Crippen LogP contribution in [0.4, 0.5) is 0 Å². The van der Waals surface area contributed by atoms with Gasteiger partial charge in [0, 0.05) is 19.3 Å². The van der Waals surface area contributed by atoms with E-state index in [0.717, 1.165) is 13.2 Å². The lowest BCUT2D eigenvalue weighted by Crippen LogP contribution is -2.33. The minimum absolute atomic E-state index is 0.562. The smallest absolute Gasteiger partial charge is 0.0458 e. The van der Waals surface area contributed by atoms with Crippen LogP contribution in [0.5, 0.6) is 0 Å². The van der Waals surface area contributed by atoms with Crippen molar-refractivity contribution < 1.29 is 0 Å². The number of allylic oxidation sites excluding steroid dienone is 1. The zero-order chi connectivity index (χ0) is 12.2. The highest BCUT2D eigenvalue weighted by Crippen LogP contribution is 2.11. The standard InChI is InChI=1S/C14H30N2/c1-5-7-8-9-14(6-2)10-11-15-12-16-13(3)4/h10,13,15-16H,5-9,11-12H2,1-4H3/b14-10+. The molecule has 0 amide bonds. The molecular weight excluding hydrogens is 196 g/mol. The lowest BCUT2D eigenvalue weighted by atomic mass is 10.1. The molecular formula is C14H30N2. The fraction of sp³-hybridized carbons (Fsp3) is 0.857. The second kappa shape index (κ2) is 11.2. The summed E-state index contributed by atoms with van der Waals surface area (Å²) in [5.74, 6) is 0. The molecule has 0 aliphatic carbocycles. The summed E-state index contributed by atoms with van der Waals surface area (Å²) in [5, 5.41) is 6.73. The molecule has 0 aliphatic heterocycles. The maximum atomic E-state index is 3.38. The van der Waals surface area contributed by atoms with E-state index in [1.807, 2.05) is 0 Å². The number of hydrogen-bond acceptors (Lipinski definition) is 2. The van der Waals surface area contributed by atoms with E-state index in [-0.39, 0.29) is 0 Å². The van der Waals surface area contributed by atoms with Gasteiger partial charge in [0.2, 0.25) is 0 Å².